The molecule has 1 N–H and O–H groups in total. The Balaban J connectivity index is 1.39. The first-order valence-electron chi connectivity index (χ1n) is 11.5. The highest BCUT2D eigenvalue weighted by Crippen LogP contribution is 2.24. The van der Waals surface area contributed by atoms with Gasteiger partial charge in [0, 0.05) is 69.1 Å². The third-order valence-electron chi connectivity index (χ3n) is 6.51. The van der Waals surface area contributed by atoms with Crippen LogP contribution in [0.3, 0.4) is 0 Å². The van der Waals surface area contributed by atoms with E-state index in [-0.39, 0.29) is 11.8 Å². The minimum atomic E-state index is -0.0257. The number of nitrogens with one attached hydrogen (secondary N) is 1. The molecule has 166 valence electrons. The van der Waals surface area contributed by atoms with Crippen LogP contribution >= 0.6 is 0 Å². The van der Waals surface area contributed by atoms with Gasteiger partial charge in [-0.3, -0.25) is 14.7 Å². The molecule has 7 heteroatoms. The first-order valence-corrected chi connectivity index (χ1v) is 11.5. The van der Waals surface area contributed by atoms with E-state index in [0.717, 1.165) is 50.0 Å². The second-order valence-corrected chi connectivity index (χ2v) is 8.62. The molecule has 1 aromatic carbocycles. The lowest BCUT2D eigenvalue weighted by Crippen LogP contribution is -2.49. The highest BCUT2D eigenvalue weighted by molar-refractivity contribution is 5.94. The third kappa shape index (κ3) is 4.60. The summed E-state index contributed by atoms with van der Waals surface area (Å²) in [5.74, 6) is 0.160. The summed E-state index contributed by atoms with van der Waals surface area (Å²) in [5, 5.41) is 7.42. The lowest BCUT2D eigenvalue weighted by molar-refractivity contribution is -0.132. The van der Waals surface area contributed by atoms with Crippen molar-refractivity contribution in [2.75, 3.05) is 37.6 Å². The topological polar surface area (TPSA) is 72.5 Å². The molecule has 2 aliphatic heterocycles. The first kappa shape index (κ1) is 21.4. The molecular formula is C24H33N5O2. The van der Waals surface area contributed by atoms with Crippen LogP contribution in [0.1, 0.15) is 59.9 Å². The molecular weight excluding hydrogens is 390 g/mol. The number of para-hydroxylation sites is 1. The molecule has 0 bridgehead atoms. The van der Waals surface area contributed by atoms with Crippen molar-refractivity contribution in [1.82, 2.24) is 20.0 Å². The molecule has 0 aliphatic carbocycles. The zero-order valence-corrected chi connectivity index (χ0v) is 18.7. The highest BCUT2D eigenvalue weighted by Gasteiger charge is 2.31. The molecule has 0 spiro atoms. The van der Waals surface area contributed by atoms with Gasteiger partial charge >= 0.3 is 0 Å². The van der Waals surface area contributed by atoms with Crippen LogP contribution in [0.2, 0.25) is 0 Å². The number of fused-ring (bicyclic) bond motifs is 1. The summed E-state index contributed by atoms with van der Waals surface area (Å²) in [6.07, 6.45) is 4.44. The Morgan fingerprint density at radius 2 is 1.81 bits per heavy atom. The van der Waals surface area contributed by atoms with Gasteiger partial charge in [0.05, 0.1) is 0 Å². The van der Waals surface area contributed by atoms with E-state index in [1.54, 1.807) is 0 Å². The molecule has 3 heterocycles. The number of benzene rings is 1. The minimum Gasteiger partial charge on any atom is -0.368 e. The number of unbranched alkanes of at least 4 members (excludes halogenated alkanes) is 2. The number of H-pyrrole nitrogens is 1. The van der Waals surface area contributed by atoms with Crippen molar-refractivity contribution in [3.05, 3.63) is 46.8 Å². The molecule has 4 rings (SSSR count). The second kappa shape index (κ2) is 9.54. The van der Waals surface area contributed by atoms with E-state index in [9.17, 15) is 9.59 Å². The molecule has 2 aromatic rings. The summed E-state index contributed by atoms with van der Waals surface area (Å²) in [7, 11) is 0. The normalized spacial score (nSPS) is 16.4. The fourth-order valence-electron chi connectivity index (χ4n) is 4.59. The SMILES string of the molecule is CCCCCC(=O)N1CCc2[nH]nc(C(=O)N3CCN(c4ccccc4C)CC3)c2C1. The summed E-state index contributed by atoms with van der Waals surface area (Å²) in [6, 6.07) is 8.38. The Hall–Kier alpha value is -2.83. The number of carbonyl (C=O) groups excluding carboxylic acids is 2. The quantitative estimate of drug-likeness (QED) is 0.725. The van der Waals surface area contributed by atoms with Crippen molar-refractivity contribution in [2.24, 2.45) is 0 Å². The molecule has 31 heavy (non-hydrogen) atoms. The van der Waals surface area contributed by atoms with E-state index in [0.29, 0.717) is 38.3 Å². The number of aromatic amines is 1. The van der Waals surface area contributed by atoms with Gasteiger partial charge < -0.3 is 14.7 Å². The number of aromatic nitrogens is 2. The van der Waals surface area contributed by atoms with Gasteiger partial charge in [-0.25, -0.2) is 0 Å². The number of rotatable bonds is 6. The van der Waals surface area contributed by atoms with Gasteiger partial charge in [0.2, 0.25) is 5.91 Å². The number of anilines is 1. The van der Waals surface area contributed by atoms with E-state index in [4.69, 9.17) is 0 Å². The van der Waals surface area contributed by atoms with Crippen LogP contribution < -0.4 is 4.90 Å². The summed E-state index contributed by atoms with van der Waals surface area (Å²) in [4.78, 5) is 32.0. The molecule has 0 atom stereocenters. The van der Waals surface area contributed by atoms with Crippen LogP contribution in [0.4, 0.5) is 5.69 Å². The Bertz CT molecular complexity index is 930. The van der Waals surface area contributed by atoms with Gasteiger partial charge in [-0.2, -0.15) is 5.10 Å². The molecule has 0 radical (unpaired) electrons. The van der Waals surface area contributed by atoms with E-state index in [1.807, 2.05) is 9.80 Å². The van der Waals surface area contributed by atoms with Crippen LogP contribution in [0.15, 0.2) is 24.3 Å². The monoisotopic (exact) mass is 423 g/mol. The van der Waals surface area contributed by atoms with Crippen LogP contribution in [-0.4, -0.2) is 64.5 Å². The van der Waals surface area contributed by atoms with Crippen molar-refractivity contribution in [3.63, 3.8) is 0 Å². The fraction of sp³-hybridized carbons (Fsp3) is 0.542. The number of piperazine rings is 1. The third-order valence-corrected chi connectivity index (χ3v) is 6.51. The van der Waals surface area contributed by atoms with E-state index >= 15 is 0 Å². The molecule has 2 amide bonds. The van der Waals surface area contributed by atoms with Gasteiger partial charge in [0.25, 0.3) is 5.91 Å². The van der Waals surface area contributed by atoms with E-state index < -0.39 is 0 Å². The second-order valence-electron chi connectivity index (χ2n) is 8.62. The van der Waals surface area contributed by atoms with E-state index in [2.05, 4.69) is 53.2 Å². The van der Waals surface area contributed by atoms with Crippen LogP contribution in [0.25, 0.3) is 0 Å². The van der Waals surface area contributed by atoms with Crippen molar-refractivity contribution in [2.45, 2.75) is 52.5 Å². The van der Waals surface area contributed by atoms with Gasteiger partial charge in [-0.05, 0) is 25.0 Å². The lowest BCUT2D eigenvalue weighted by atomic mass is 10.0. The Morgan fingerprint density at radius 1 is 1.03 bits per heavy atom. The molecule has 7 nitrogen and oxygen atoms in total. The number of amides is 2. The fourth-order valence-corrected chi connectivity index (χ4v) is 4.59. The number of hydrogen-bond acceptors (Lipinski definition) is 4. The number of aryl methyl sites for hydroxylation is 1. The van der Waals surface area contributed by atoms with Crippen LogP contribution in [0.5, 0.6) is 0 Å². The predicted molar refractivity (Wildman–Crippen MR) is 121 cm³/mol. The Kier molecular flexibility index (Phi) is 6.59. The standard InChI is InChI=1S/C24H33N5O2/c1-3-4-5-10-22(30)29-12-11-20-19(17-29)23(26-25-20)24(31)28-15-13-27(14-16-28)21-9-7-6-8-18(21)2/h6-9H,3-5,10-17H2,1-2H3,(H,25,26). The number of carbonyl (C=O) groups is 2. The first-order chi connectivity index (χ1) is 15.1. The van der Waals surface area contributed by atoms with Gasteiger partial charge in [0.15, 0.2) is 5.69 Å². The molecule has 0 unspecified atom stereocenters. The number of hydrogen-bond donors (Lipinski definition) is 1. The maximum atomic E-state index is 13.3. The molecule has 1 fully saturated rings. The maximum absolute atomic E-state index is 13.3. The Morgan fingerprint density at radius 3 is 2.55 bits per heavy atom. The van der Waals surface area contributed by atoms with Crippen molar-refractivity contribution in [3.8, 4) is 0 Å². The van der Waals surface area contributed by atoms with Crippen LogP contribution in [-0.2, 0) is 17.8 Å². The van der Waals surface area contributed by atoms with Gasteiger partial charge in [-0.15, -0.1) is 0 Å². The zero-order chi connectivity index (χ0) is 21.8. The summed E-state index contributed by atoms with van der Waals surface area (Å²) < 4.78 is 0. The Labute approximate surface area is 184 Å². The van der Waals surface area contributed by atoms with Gasteiger partial charge in [-0.1, -0.05) is 38.0 Å². The van der Waals surface area contributed by atoms with Crippen molar-refractivity contribution >= 4 is 17.5 Å². The summed E-state index contributed by atoms with van der Waals surface area (Å²) >= 11 is 0. The molecule has 1 aromatic heterocycles. The van der Waals surface area contributed by atoms with Crippen LogP contribution in [0, 0.1) is 6.92 Å². The zero-order valence-electron chi connectivity index (χ0n) is 18.7. The maximum Gasteiger partial charge on any atom is 0.274 e. The minimum absolute atomic E-state index is 0.0257. The predicted octanol–water partition coefficient (Wildman–Crippen LogP) is 3.15. The highest BCUT2D eigenvalue weighted by atomic mass is 16.2. The molecule has 1 saturated heterocycles. The molecule has 0 saturated carbocycles. The number of nitrogens with zero attached hydrogens (tertiary/aromatic N) is 4. The average Bonchev–Trinajstić information content (AvgIpc) is 3.22. The largest absolute Gasteiger partial charge is 0.368 e. The molecule has 2 aliphatic rings. The average molecular weight is 424 g/mol. The summed E-state index contributed by atoms with van der Waals surface area (Å²) in [6.45, 7) is 8.42. The van der Waals surface area contributed by atoms with Crippen molar-refractivity contribution < 1.29 is 9.59 Å². The van der Waals surface area contributed by atoms with E-state index in [1.165, 1.54) is 11.3 Å². The van der Waals surface area contributed by atoms with Gasteiger partial charge in [0.1, 0.15) is 0 Å². The van der Waals surface area contributed by atoms with Crippen molar-refractivity contribution in [1.29, 1.82) is 0 Å². The smallest absolute Gasteiger partial charge is 0.274 e. The lowest BCUT2D eigenvalue weighted by Gasteiger charge is -2.36. The summed E-state index contributed by atoms with van der Waals surface area (Å²) in [5.41, 5.74) is 4.89.